The molecule has 156 valence electrons. The van der Waals surface area contributed by atoms with Gasteiger partial charge in [-0.25, -0.2) is 0 Å². The van der Waals surface area contributed by atoms with Crippen LogP contribution in [0, 0.1) is 0 Å². The van der Waals surface area contributed by atoms with Gasteiger partial charge in [0.05, 0.1) is 10.2 Å². The molecule has 0 amide bonds. The van der Waals surface area contributed by atoms with Gasteiger partial charge in [-0.1, -0.05) is 19.1 Å². The maximum atomic E-state index is 13.0. The standard InChI is InChI=1S/C23H25FN4OS/c1-2-18(14-16-13-17-7-8-25-22(17)20(15-16)29-24)27-9-11-28(12-10-27)23-19-5-3-4-6-21(19)30-26-23/h3-8,13,15,18,25H,2,9-12,14H2,1H3. The summed E-state index contributed by atoms with van der Waals surface area (Å²) in [7, 11) is 0. The number of fused-ring (bicyclic) bond motifs is 2. The Morgan fingerprint density at radius 1 is 1.17 bits per heavy atom. The molecule has 1 N–H and O–H groups in total. The first kappa shape index (κ1) is 19.3. The number of halogens is 1. The average molecular weight is 425 g/mol. The SMILES string of the molecule is CCC(Cc1cc(OF)c2[nH]ccc2c1)N1CCN(c2nsc3ccccc23)CC1. The summed E-state index contributed by atoms with van der Waals surface area (Å²) in [5.74, 6) is 1.38. The highest BCUT2D eigenvalue weighted by Crippen LogP contribution is 2.31. The highest BCUT2D eigenvalue weighted by molar-refractivity contribution is 7.13. The lowest BCUT2D eigenvalue weighted by molar-refractivity contribution is -0.00455. The second kappa shape index (κ2) is 8.24. The monoisotopic (exact) mass is 424 g/mol. The number of hydrogen-bond acceptors (Lipinski definition) is 5. The Morgan fingerprint density at radius 2 is 2.00 bits per heavy atom. The van der Waals surface area contributed by atoms with Crippen molar-refractivity contribution in [2.45, 2.75) is 25.8 Å². The molecule has 2 aromatic carbocycles. The van der Waals surface area contributed by atoms with E-state index in [0.717, 1.165) is 55.8 Å². The first-order chi connectivity index (χ1) is 14.8. The van der Waals surface area contributed by atoms with Crippen LogP contribution >= 0.6 is 11.5 Å². The van der Waals surface area contributed by atoms with Crippen LogP contribution in [0.1, 0.15) is 18.9 Å². The normalized spacial score (nSPS) is 16.4. The number of aromatic amines is 1. The summed E-state index contributed by atoms with van der Waals surface area (Å²) >= 11 is 1.58. The lowest BCUT2D eigenvalue weighted by atomic mass is 10.00. The molecule has 0 spiro atoms. The summed E-state index contributed by atoms with van der Waals surface area (Å²) < 4.78 is 19.0. The summed E-state index contributed by atoms with van der Waals surface area (Å²) in [5.41, 5.74) is 1.81. The zero-order valence-corrected chi connectivity index (χ0v) is 17.8. The topological polar surface area (TPSA) is 44.4 Å². The molecule has 1 atom stereocenters. The van der Waals surface area contributed by atoms with E-state index in [1.165, 1.54) is 10.1 Å². The number of aromatic nitrogens is 2. The molecule has 3 heterocycles. The Bertz CT molecular complexity index is 1150. The van der Waals surface area contributed by atoms with Crippen LogP contribution in [-0.2, 0) is 6.42 Å². The van der Waals surface area contributed by atoms with Crippen LogP contribution in [0.3, 0.4) is 0 Å². The van der Waals surface area contributed by atoms with Gasteiger partial charge in [-0.15, -0.1) is 0 Å². The molecule has 1 aliphatic heterocycles. The van der Waals surface area contributed by atoms with E-state index in [1.54, 1.807) is 11.5 Å². The third-order valence-corrected chi connectivity index (χ3v) is 7.01. The zero-order valence-electron chi connectivity index (χ0n) is 17.0. The number of anilines is 1. The molecule has 4 aromatic rings. The van der Waals surface area contributed by atoms with Gasteiger partial charge in [0.1, 0.15) is 5.82 Å². The third-order valence-electron chi connectivity index (χ3n) is 6.20. The molecule has 1 fully saturated rings. The molecule has 1 unspecified atom stereocenters. The van der Waals surface area contributed by atoms with Gasteiger partial charge in [-0.2, -0.15) is 4.37 Å². The van der Waals surface area contributed by atoms with E-state index in [0.29, 0.717) is 11.6 Å². The highest BCUT2D eigenvalue weighted by Gasteiger charge is 2.25. The van der Waals surface area contributed by atoms with E-state index in [9.17, 15) is 4.53 Å². The van der Waals surface area contributed by atoms with Crippen LogP contribution in [0.15, 0.2) is 48.7 Å². The van der Waals surface area contributed by atoms with E-state index in [4.69, 9.17) is 4.37 Å². The maximum Gasteiger partial charge on any atom is 0.196 e. The second-order valence-electron chi connectivity index (χ2n) is 7.90. The number of benzene rings is 2. The number of hydrogen-bond donors (Lipinski definition) is 1. The molecule has 0 radical (unpaired) electrons. The van der Waals surface area contributed by atoms with Crippen LogP contribution < -0.4 is 9.84 Å². The fraction of sp³-hybridized carbons (Fsp3) is 0.348. The van der Waals surface area contributed by atoms with Gasteiger partial charge in [0.25, 0.3) is 0 Å². The Hall–Kier alpha value is -2.64. The third kappa shape index (κ3) is 3.52. The van der Waals surface area contributed by atoms with Gasteiger partial charge < -0.3 is 9.88 Å². The molecular weight excluding hydrogens is 399 g/mol. The molecule has 7 heteroatoms. The van der Waals surface area contributed by atoms with Crippen molar-refractivity contribution in [3.05, 3.63) is 54.2 Å². The van der Waals surface area contributed by atoms with Gasteiger partial charge in [-0.05, 0) is 60.3 Å². The first-order valence-electron chi connectivity index (χ1n) is 10.5. The Morgan fingerprint density at radius 3 is 2.80 bits per heavy atom. The molecule has 5 nitrogen and oxygen atoms in total. The van der Waals surface area contributed by atoms with Crippen molar-refractivity contribution >= 4 is 38.3 Å². The maximum absolute atomic E-state index is 13.0. The number of nitrogens with one attached hydrogen (secondary N) is 1. The van der Waals surface area contributed by atoms with Crippen molar-refractivity contribution in [1.82, 2.24) is 14.3 Å². The van der Waals surface area contributed by atoms with Gasteiger partial charge in [0.2, 0.25) is 0 Å². The van der Waals surface area contributed by atoms with Crippen molar-refractivity contribution in [2.24, 2.45) is 0 Å². The largest absolute Gasteiger partial charge is 0.358 e. The van der Waals surface area contributed by atoms with Crippen molar-refractivity contribution in [3.8, 4) is 5.75 Å². The predicted octanol–water partition coefficient (Wildman–Crippen LogP) is 5.18. The minimum absolute atomic E-state index is 0.266. The van der Waals surface area contributed by atoms with Crippen LogP contribution in [0.2, 0.25) is 0 Å². The van der Waals surface area contributed by atoms with E-state index < -0.39 is 0 Å². The number of H-pyrrole nitrogens is 1. The fourth-order valence-corrected chi connectivity index (χ4v) is 5.37. The molecular formula is C23H25FN4OS. The zero-order chi connectivity index (χ0) is 20.5. The molecule has 0 bridgehead atoms. The van der Waals surface area contributed by atoms with E-state index in [-0.39, 0.29) is 5.75 Å². The fourth-order valence-electron chi connectivity index (χ4n) is 4.58. The van der Waals surface area contributed by atoms with Crippen LogP contribution in [0.25, 0.3) is 21.0 Å². The van der Waals surface area contributed by atoms with E-state index >= 15 is 0 Å². The van der Waals surface area contributed by atoms with Crippen molar-refractivity contribution in [1.29, 1.82) is 0 Å². The minimum atomic E-state index is 0.266. The quantitative estimate of drug-likeness (QED) is 0.463. The molecule has 30 heavy (non-hydrogen) atoms. The van der Waals surface area contributed by atoms with Crippen molar-refractivity contribution < 1.29 is 9.47 Å². The predicted molar refractivity (Wildman–Crippen MR) is 121 cm³/mol. The van der Waals surface area contributed by atoms with E-state index in [2.05, 4.69) is 57.0 Å². The summed E-state index contributed by atoms with van der Waals surface area (Å²) in [6, 6.07) is 14.8. The minimum Gasteiger partial charge on any atom is -0.358 e. The Balaban J connectivity index is 1.29. The summed E-state index contributed by atoms with van der Waals surface area (Å²) in [6.07, 6.45) is 3.75. The summed E-state index contributed by atoms with van der Waals surface area (Å²) in [4.78, 5) is 12.1. The molecule has 0 aliphatic carbocycles. The molecule has 1 saturated heterocycles. The van der Waals surface area contributed by atoms with Crippen LogP contribution in [0.4, 0.5) is 10.3 Å². The molecule has 2 aromatic heterocycles. The van der Waals surface area contributed by atoms with Gasteiger partial charge in [-0.3, -0.25) is 9.84 Å². The first-order valence-corrected chi connectivity index (χ1v) is 11.3. The Kier molecular flexibility index (Phi) is 5.31. The van der Waals surface area contributed by atoms with Gasteiger partial charge >= 0.3 is 0 Å². The van der Waals surface area contributed by atoms with Crippen LogP contribution in [-0.4, -0.2) is 46.5 Å². The lowest BCUT2D eigenvalue weighted by Gasteiger charge is -2.39. The number of nitrogens with zero attached hydrogens (tertiary/aromatic N) is 3. The van der Waals surface area contributed by atoms with Crippen molar-refractivity contribution in [2.75, 3.05) is 31.1 Å². The molecule has 1 aliphatic rings. The van der Waals surface area contributed by atoms with Gasteiger partial charge in [0, 0.05) is 53.7 Å². The number of piperazine rings is 1. The molecule has 5 rings (SSSR count). The van der Waals surface area contributed by atoms with Gasteiger partial charge in [0.15, 0.2) is 5.75 Å². The van der Waals surface area contributed by atoms with Crippen LogP contribution in [0.5, 0.6) is 5.75 Å². The summed E-state index contributed by atoms with van der Waals surface area (Å²) in [5, 5.41) is 2.23. The average Bonchev–Trinajstić information content (AvgIpc) is 3.44. The summed E-state index contributed by atoms with van der Waals surface area (Å²) in [6.45, 7) is 6.18. The lowest BCUT2D eigenvalue weighted by Crippen LogP contribution is -2.51. The molecule has 0 saturated carbocycles. The Labute approximate surface area is 179 Å². The van der Waals surface area contributed by atoms with Crippen molar-refractivity contribution in [3.63, 3.8) is 0 Å². The second-order valence-corrected chi connectivity index (χ2v) is 8.71. The number of rotatable bonds is 6. The highest BCUT2D eigenvalue weighted by atomic mass is 32.1. The smallest absolute Gasteiger partial charge is 0.196 e. The van der Waals surface area contributed by atoms with E-state index in [1.807, 2.05) is 18.3 Å².